The van der Waals surface area contributed by atoms with Crippen molar-refractivity contribution in [3.05, 3.63) is 106 Å². The minimum Gasteiger partial charge on any atom is -0.133 e. The Morgan fingerprint density at radius 3 is 1.48 bits per heavy atom. The van der Waals surface area contributed by atoms with E-state index in [-0.39, 0.29) is 0 Å². The zero-order valence-electron chi connectivity index (χ0n) is 14.8. The Morgan fingerprint density at radius 1 is 0.560 bits per heavy atom. The van der Waals surface area contributed by atoms with Crippen LogP contribution in [0, 0.1) is 6.92 Å². The molecule has 0 spiro atoms. The zero-order valence-corrected chi connectivity index (χ0v) is 17.1. The van der Waals surface area contributed by atoms with Crippen LogP contribution in [0.5, 0.6) is 0 Å². The Bertz CT molecular complexity index is 818. The van der Waals surface area contributed by atoms with Crippen molar-refractivity contribution in [3.63, 3.8) is 0 Å². The molecule has 0 saturated heterocycles. The van der Waals surface area contributed by atoms with Crippen LogP contribution in [0.2, 0.25) is 0 Å². The molecule has 0 heterocycles. The highest BCUT2D eigenvalue weighted by atomic mass is 31.0. The van der Waals surface area contributed by atoms with Gasteiger partial charge in [0, 0.05) is 0 Å². The van der Waals surface area contributed by atoms with E-state index < -0.39 is 0 Å². The fraction of sp³-hybridized carbons (Fsp3) is 0.217. The van der Waals surface area contributed by atoms with E-state index >= 15 is 0 Å². The summed E-state index contributed by atoms with van der Waals surface area (Å²) in [6.45, 7) is 2.18. The van der Waals surface area contributed by atoms with Crippen molar-refractivity contribution in [1.82, 2.24) is 0 Å². The molecular weight excluding hydrogens is 338 g/mol. The number of benzene rings is 3. The molecule has 0 fully saturated rings. The predicted octanol–water partition coefficient (Wildman–Crippen LogP) is 5.93. The standard InChI is InChI=1S/C23H26P2/c1-17-2-3-22(14-23(17)16-25)13-20-6-4-18(5-7-20)12-19-8-10-21(15-24)11-9-19/h2-11,14H,12-13,15-16,24-25H2,1H3. The second-order valence-corrected chi connectivity index (χ2v) is 7.47. The molecule has 0 amide bonds. The molecule has 0 N–H and O–H groups in total. The van der Waals surface area contributed by atoms with Crippen molar-refractivity contribution < 1.29 is 0 Å². The van der Waals surface area contributed by atoms with Gasteiger partial charge in [-0.05, 0) is 71.0 Å². The van der Waals surface area contributed by atoms with Crippen LogP contribution in [-0.2, 0) is 25.2 Å². The maximum Gasteiger partial charge on any atom is -0.00257 e. The molecule has 0 radical (unpaired) electrons. The van der Waals surface area contributed by atoms with E-state index in [0.717, 1.165) is 25.2 Å². The summed E-state index contributed by atoms with van der Waals surface area (Å²) in [5.74, 6) is 0. The molecule has 0 aliphatic carbocycles. The van der Waals surface area contributed by atoms with Crippen LogP contribution in [0.15, 0.2) is 66.7 Å². The van der Waals surface area contributed by atoms with Crippen LogP contribution in [0.3, 0.4) is 0 Å². The number of aryl methyl sites for hydroxylation is 1. The van der Waals surface area contributed by atoms with Crippen LogP contribution in [0.1, 0.15) is 38.9 Å². The monoisotopic (exact) mass is 364 g/mol. The topological polar surface area (TPSA) is 0 Å². The Balaban J connectivity index is 1.67. The van der Waals surface area contributed by atoms with Gasteiger partial charge in [-0.2, -0.15) is 0 Å². The number of rotatable bonds is 6. The third-order valence-corrected chi connectivity index (χ3v) is 5.64. The highest BCUT2D eigenvalue weighted by Gasteiger charge is 2.02. The summed E-state index contributed by atoms with van der Waals surface area (Å²) in [5.41, 5.74) is 9.68. The van der Waals surface area contributed by atoms with Gasteiger partial charge in [0.05, 0.1) is 0 Å². The van der Waals surface area contributed by atoms with Crippen LogP contribution in [-0.4, -0.2) is 0 Å². The lowest BCUT2D eigenvalue weighted by atomic mass is 9.98. The molecule has 2 heteroatoms. The molecule has 2 atom stereocenters. The second kappa shape index (κ2) is 8.75. The molecular formula is C23H26P2. The largest absolute Gasteiger partial charge is 0.133 e. The number of hydrogen-bond donors (Lipinski definition) is 0. The highest BCUT2D eigenvalue weighted by Crippen LogP contribution is 2.19. The van der Waals surface area contributed by atoms with Gasteiger partial charge in [0.1, 0.15) is 0 Å². The molecule has 3 aromatic carbocycles. The summed E-state index contributed by atoms with van der Waals surface area (Å²) < 4.78 is 0. The first-order valence-electron chi connectivity index (χ1n) is 8.82. The molecule has 0 aliphatic rings. The van der Waals surface area contributed by atoms with Crippen molar-refractivity contribution in [2.75, 3.05) is 0 Å². The molecule has 0 aliphatic heterocycles. The Morgan fingerprint density at radius 2 is 1.00 bits per heavy atom. The third-order valence-electron chi connectivity index (χ3n) is 4.73. The lowest BCUT2D eigenvalue weighted by Crippen LogP contribution is -1.93. The van der Waals surface area contributed by atoms with Crippen LogP contribution in [0.25, 0.3) is 0 Å². The summed E-state index contributed by atoms with van der Waals surface area (Å²) in [4.78, 5) is 0. The first-order valence-corrected chi connectivity index (χ1v) is 10.5. The smallest absolute Gasteiger partial charge is 0.00257 e. The fourth-order valence-corrected chi connectivity index (χ4v) is 3.81. The summed E-state index contributed by atoms with van der Waals surface area (Å²) >= 11 is 0. The minimum atomic E-state index is 0.999. The van der Waals surface area contributed by atoms with E-state index in [1.807, 2.05) is 0 Å². The van der Waals surface area contributed by atoms with Crippen LogP contribution < -0.4 is 0 Å². The first-order chi connectivity index (χ1) is 12.2. The summed E-state index contributed by atoms with van der Waals surface area (Å²) in [7, 11) is 5.60. The Labute approximate surface area is 156 Å². The lowest BCUT2D eigenvalue weighted by Gasteiger charge is -2.08. The molecule has 0 nitrogen and oxygen atoms in total. The van der Waals surface area contributed by atoms with E-state index in [9.17, 15) is 0 Å². The minimum absolute atomic E-state index is 0.999. The molecule has 25 heavy (non-hydrogen) atoms. The molecule has 0 bridgehead atoms. The van der Waals surface area contributed by atoms with Gasteiger partial charge in [-0.25, -0.2) is 0 Å². The van der Waals surface area contributed by atoms with Gasteiger partial charge < -0.3 is 0 Å². The average Bonchev–Trinajstić information content (AvgIpc) is 2.65. The van der Waals surface area contributed by atoms with Crippen molar-refractivity contribution in [3.8, 4) is 0 Å². The van der Waals surface area contributed by atoms with E-state index in [1.165, 1.54) is 38.9 Å². The number of hydrogen-bond acceptors (Lipinski definition) is 0. The normalized spacial score (nSPS) is 10.8. The van der Waals surface area contributed by atoms with Gasteiger partial charge in [0.2, 0.25) is 0 Å². The van der Waals surface area contributed by atoms with Gasteiger partial charge in [-0.1, -0.05) is 66.7 Å². The van der Waals surface area contributed by atoms with Crippen LogP contribution in [0.4, 0.5) is 0 Å². The molecule has 0 saturated carbocycles. The second-order valence-electron chi connectivity index (χ2n) is 6.66. The molecule has 2 unspecified atom stereocenters. The van der Waals surface area contributed by atoms with Crippen molar-refractivity contribution in [2.24, 2.45) is 0 Å². The van der Waals surface area contributed by atoms with E-state index in [1.54, 1.807) is 0 Å². The maximum atomic E-state index is 2.83. The summed E-state index contributed by atoms with van der Waals surface area (Å²) in [5, 5.41) is 0. The SMILES string of the molecule is Cc1ccc(Cc2ccc(Cc3ccc(CP)cc3)cc2)cc1CP. The molecule has 0 aromatic heterocycles. The van der Waals surface area contributed by atoms with Gasteiger partial charge in [0.15, 0.2) is 0 Å². The molecule has 3 rings (SSSR count). The van der Waals surface area contributed by atoms with Crippen molar-refractivity contribution in [1.29, 1.82) is 0 Å². The lowest BCUT2D eigenvalue weighted by molar-refractivity contribution is 1.14. The predicted molar refractivity (Wildman–Crippen MR) is 117 cm³/mol. The van der Waals surface area contributed by atoms with Crippen molar-refractivity contribution in [2.45, 2.75) is 32.1 Å². The fourth-order valence-electron chi connectivity index (χ4n) is 3.09. The zero-order chi connectivity index (χ0) is 17.6. The Hall–Kier alpha value is -1.48. The summed E-state index contributed by atoms with van der Waals surface area (Å²) in [6.07, 6.45) is 4.04. The maximum absolute atomic E-state index is 2.83. The van der Waals surface area contributed by atoms with E-state index in [0.29, 0.717) is 0 Å². The third kappa shape index (κ3) is 5.01. The van der Waals surface area contributed by atoms with Gasteiger partial charge >= 0.3 is 0 Å². The van der Waals surface area contributed by atoms with Gasteiger partial charge in [0.25, 0.3) is 0 Å². The average molecular weight is 364 g/mol. The first kappa shape index (κ1) is 18.3. The van der Waals surface area contributed by atoms with Gasteiger partial charge in [-0.3, -0.25) is 0 Å². The van der Waals surface area contributed by atoms with Gasteiger partial charge in [-0.15, -0.1) is 18.5 Å². The van der Waals surface area contributed by atoms with E-state index in [4.69, 9.17) is 0 Å². The molecule has 128 valence electrons. The molecule has 3 aromatic rings. The summed E-state index contributed by atoms with van der Waals surface area (Å²) in [6, 6.07) is 24.8. The van der Waals surface area contributed by atoms with Crippen LogP contribution >= 0.6 is 18.5 Å². The highest BCUT2D eigenvalue weighted by molar-refractivity contribution is 7.15. The van der Waals surface area contributed by atoms with Crippen molar-refractivity contribution >= 4 is 18.5 Å². The Kier molecular flexibility index (Phi) is 6.41. The quantitative estimate of drug-likeness (QED) is 0.476. The van der Waals surface area contributed by atoms with E-state index in [2.05, 4.69) is 92.1 Å².